The highest BCUT2D eigenvalue weighted by Gasteiger charge is 2.78. The van der Waals surface area contributed by atoms with Crippen LogP contribution in [0.3, 0.4) is 0 Å². The third-order valence-corrected chi connectivity index (χ3v) is 14.5. The van der Waals surface area contributed by atoms with E-state index in [1.165, 1.54) is 19.1 Å². The van der Waals surface area contributed by atoms with E-state index < -0.39 is 182 Å². The van der Waals surface area contributed by atoms with Crippen molar-refractivity contribution in [2.45, 2.75) is 115 Å². The molecular weight excluding hydrogens is 848 g/mol. The van der Waals surface area contributed by atoms with Gasteiger partial charge in [0, 0.05) is 11.1 Å². The van der Waals surface area contributed by atoms with E-state index in [0.717, 1.165) is 39.3 Å². The first-order chi connectivity index (χ1) is 29.1. The lowest BCUT2D eigenvalue weighted by atomic mass is 9.63. The van der Waals surface area contributed by atoms with Gasteiger partial charge in [0.05, 0.1) is 62.6 Å². The van der Waals surface area contributed by atoms with Crippen molar-refractivity contribution in [3.05, 3.63) is 52.6 Å². The third kappa shape index (κ3) is 6.25. The summed E-state index contributed by atoms with van der Waals surface area (Å²) in [6, 6.07) is 5.35. The first kappa shape index (κ1) is 45.0. The summed E-state index contributed by atoms with van der Waals surface area (Å²) >= 11 is 0.226. The number of aliphatic hydroxyl groups is 5. The van der Waals surface area contributed by atoms with Crippen LogP contribution in [0.5, 0.6) is 17.2 Å². The topological polar surface area (TPSA) is 337 Å². The number of aromatic hydroxyl groups is 2. The number of fused-ring (bicyclic) bond motifs is 4. The average molecular weight is 891 g/mol. The van der Waals surface area contributed by atoms with Crippen LogP contribution in [0.15, 0.2) is 30.3 Å². The van der Waals surface area contributed by atoms with Gasteiger partial charge in [-0.05, 0) is 44.9 Å². The number of ketones is 4. The lowest BCUT2D eigenvalue weighted by molar-refractivity contribution is -0.271. The summed E-state index contributed by atoms with van der Waals surface area (Å²) in [5.74, 6) is -11.0. The van der Waals surface area contributed by atoms with Gasteiger partial charge >= 0.3 is 17.9 Å². The zero-order chi connectivity index (χ0) is 45.6. The molecule has 2 aromatic rings. The second-order valence-electron chi connectivity index (χ2n) is 15.8. The summed E-state index contributed by atoms with van der Waals surface area (Å²) in [4.78, 5) is 97.6. The van der Waals surface area contributed by atoms with Gasteiger partial charge in [0.2, 0.25) is 17.9 Å². The largest absolute Gasteiger partial charge is 0.507 e. The van der Waals surface area contributed by atoms with Crippen molar-refractivity contribution < 1.29 is 103 Å². The number of hydrogen-bond acceptors (Lipinski definition) is 21. The Balaban J connectivity index is 1.44. The molecule has 0 unspecified atom stereocenters. The number of Topliss-reactive ketones (excluding diaryl/α,β-unsaturated/α-hetero) is 4. The van der Waals surface area contributed by atoms with Crippen molar-refractivity contribution in [1.82, 2.24) is 0 Å². The van der Waals surface area contributed by atoms with Crippen LogP contribution >= 0.6 is 11.8 Å². The van der Waals surface area contributed by atoms with E-state index in [4.69, 9.17) is 28.4 Å². The number of benzene rings is 2. The summed E-state index contributed by atoms with van der Waals surface area (Å²) in [7, 11) is 2.14. The molecule has 7 rings (SSSR count). The number of carboxylic acid groups (broad SMARTS) is 1. The summed E-state index contributed by atoms with van der Waals surface area (Å²) < 4.78 is 26.9. The zero-order valence-electron chi connectivity index (χ0n) is 33.2. The quantitative estimate of drug-likeness (QED) is 0.140. The molecule has 0 spiro atoms. The highest BCUT2D eigenvalue weighted by molar-refractivity contribution is 8.03. The number of phenolic OH excluding ortho intramolecular Hbond substituents is 2. The van der Waals surface area contributed by atoms with Crippen molar-refractivity contribution >= 4 is 52.8 Å². The van der Waals surface area contributed by atoms with Crippen LogP contribution in [0.25, 0.3) is 0 Å². The number of phenols is 2. The minimum atomic E-state index is -3.18. The van der Waals surface area contributed by atoms with E-state index in [2.05, 4.69) is 0 Å². The number of aliphatic hydroxyl groups excluding tert-OH is 3. The van der Waals surface area contributed by atoms with Crippen molar-refractivity contribution in [3.63, 3.8) is 0 Å². The number of thioether (sulfide) groups is 1. The number of carboxylic acids is 1. The molecule has 3 heterocycles. The maximum atomic E-state index is 15.5. The van der Waals surface area contributed by atoms with Crippen LogP contribution < -0.4 is 4.74 Å². The average Bonchev–Trinajstić information content (AvgIpc) is 3.22. The number of carbonyl (C=O) groups is 7. The van der Waals surface area contributed by atoms with E-state index in [0.29, 0.717) is 0 Å². The number of ether oxygens (including phenoxy) is 6. The Bertz CT molecular complexity index is 2280. The molecule has 3 fully saturated rings. The number of aliphatic carboxylic acids is 1. The van der Waals surface area contributed by atoms with Gasteiger partial charge in [0.1, 0.15) is 33.6 Å². The number of esters is 2. The van der Waals surface area contributed by atoms with Gasteiger partial charge in [-0.15, -0.1) is 11.8 Å². The lowest BCUT2D eigenvalue weighted by Crippen LogP contribution is -2.79. The molecule has 0 aromatic heterocycles. The molecule has 22 heteroatoms. The van der Waals surface area contributed by atoms with Gasteiger partial charge in [0.25, 0.3) is 0 Å². The molecule has 0 bridgehead atoms. The Kier molecular flexibility index (Phi) is 11.4. The van der Waals surface area contributed by atoms with Crippen molar-refractivity contribution in [2.24, 2.45) is 0 Å². The smallest absolute Gasteiger partial charge is 0.335 e. The fourth-order valence-corrected chi connectivity index (χ4v) is 11.7. The molecule has 3 aliphatic heterocycles. The Morgan fingerprint density at radius 1 is 0.710 bits per heavy atom. The van der Waals surface area contributed by atoms with Crippen LogP contribution in [-0.2, 0) is 38.1 Å². The number of rotatable bonds is 9. The first-order valence-electron chi connectivity index (χ1n) is 19.1. The summed E-state index contributed by atoms with van der Waals surface area (Å²) in [6.45, 7) is 2.36. The standard InChI is InChI=1S/C40H42O21S/c1-14-39(54)33(50)24-18(6-5-7-20(24)41)31(48)37(39,12-16(58-14)10-22(42)56-3)62-38-13-17(11-23(43)57-4)59-15(2)40(38,55)34(51)25-19(32(38)49)8-9-21(26(25)44)60-36-29(47)27(45)28(46)30(61-36)35(52)53/h5-9,14-17,27-30,36,41,44-47,54-55H,10-13H2,1-4H3,(H,52,53)/t14-,15-,16-,17-,27+,28+,29-,30+,36-,37-,38+,39+,40-/m0/s1. The monoisotopic (exact) mass is 890 g/mol. The van der Waals surface area contributed by atoms with Gasteiger partial charge in [-0.2, -0.15) is 0 Å². The van der Waals surface area contributed by atoms with Crippen LogP contribution in [0, 0.1) is 0 Å². The first-order valence-corrected chi connectivity index (χ1v) is 19.9. The molecule has 0 saturated carbocycles. The molecule has 5 aliphatic rings. The van der Waals surface area contributed by atoms with Crippen molar-refractivity contribution in [2.75, 3.05) is 14.2 Å². The third-order valence-electron chi connectivity index (χ3n) is 12.4. The summed E-state index contributed by atoms with van der Waals surface area (Å²) in [6.07, 6.45) is -19.5. The summed E-state index contributed by atoms with van der Waals surface area (Å²) in [5, 5.41) is 88.9. The Morgan fingerprint density at radius 3 is 1.71 bits per heavy atom. The molecule has 8 N–H and O–H groups in total. The predicted molar refractivity (Wildman–Crippen MR) is 203 cm³/mol. The van der Waals surface area contributed by atoms with E-state index in [1.807, 2.05) is 0 Å². The molecule has 13 atom stereocenters. The molecule has 21 nitrogen and oxygen atoms in total. The number of hydrogen-bond donors (Lipinski definition) is 8. The minimum Gasteiger partial charge on any atom is -0.507 e. The second kappa shape index (κ2) is 15.6. The van der Waals surface area contributed by atoms with Crippen molar-refractivity contribution in [3.8, 4) is 17.2 Å². The lowest BCUT2D eigenvalue weighted by Gasteiger charge is -2.61. The fraction of sp³-hybridized carbons (Fsp3) is 0.525. The van der Waals surface area contributed by atoms with Gasteiger partial charge in [-0.1, -0.05) is 12.1 Å². The Morgan fingerprint density at radius 2 is 1.21 bits per heavy atom. The minimum absolute atomic E-state index is 0.226. The van der Waals surface area contributed by atoms with Gasteiger partial charge in [-0.3, -0.25) is 28.8 Å². The van der Waals surface area contributed by atoms with Gasteiger partial charge < -0.3 is 69.3 Å². The Hall–Kier alpha value is -5.04. The second-order valence-corrected chi connectivity index (χ2v) is 17.4. The number of carbonyl (C=O) groups excluding carboxylic acids is 6. The maximum Gasteiger partial charge on any atom is 0.335 e. The normalized spacial score (nSPS) is 37.6. The Labute approximate surface area is 354 Å². The zero-order valence-corrected chi connectivity index (χ0v) is 34.0. The highest BCUT2D eigenvalue weighted by Crippen LogP contribution is 2.64. The molecule has 62 heavy (non-hydrogen) atoms. The van der Waals surface area contributed by atoms with E-state index in [9.17, 15) is 60.0 Å². The molecule has 334 valence electrons. The van der Waals surface area contributed by atoms with E-state index in [1.54, 1.807) is 0 Å². The molecule has 0 amide bonds. The molecule has 0 radical (unpaired) electrons. The highest BCUT2D eigenvalue weighted by atomic mass is 32.2. The van der Waals surface area contributed by atoms with Crippen molar-refractivity contribution in [1.29, 1.82) is 0 Å². The van der Waals surface area contributed by atoms with Crippen LogP contribution in [-0.4, -0.2) is 172 Å². The molecular formula is C40H42O21S. The molecule has 3 saturated heterocycles. The van der Waals surface area contributed by atoms with Crippen LogP contribution in [0.2, 0.25) is 0 Å². The molecule has 2 aromatic carbocycles. The van der Waals surface area contributed by atoms with Gasteiger partial charge in [-0.25, -0.2) is 4.79 Å². The van der Waals surface area contributed by atoms with Crippen LogP contribution in [0.1, 0.15) is 81.0 Å². The molecule has 2 aliphatic carbocycles. The summed E-state index contributed by atoms with van der Waals surface area (Å²) in [5.41, 5.74) is -8.76. The van der Waals surface area contributed by atoms with Crippen LogP contribution in [0.4, 0.5) is 0 Å². The van der Waals surface area contributed by atoms with E-state index >= 15 is 14.4 Å². The van der Waals surface area contributed by atoms with Gasteiger partial charge in [0.15, 0.2) is 40.4 Å². The SMILES string of the molecule is COC(=O)C[C@H]1C[C@@]2(S[C@]34C[C@H](CC(=O)OC)O[C@@H](C)[C@@]3(O)C(=O)c3c(O)cccc3C4=O)C(=O)c3ccc(O[C@H]4O[C@@H](C(=O)O)[C@H](O)[C@@H](O)[C@@H]4O)c(O)c3C(=O)[C@@]2(O)[C@H](C)O1. The number of methoxy groups -OCH3 is 2. The maximum absolute atomic E-state index is 15.5. The predicted octanol–water partition coefficient (Wildman–Crippen LogP) is -1.02. The van der Waals surface area contributed by atoms with E-state index in [-0.39, 0.29) is 11.8 Å². The fourth-order valence-electron chi connectivity index (χ4n) is 9.30.